The molecule has 1 aliphatic heterocycles. The Kier molecular flexibility index (Phi) is 4.20. The highest BCUT2D eigenvalue weighted by molar-refractivity contribution is 5.68. The number of aryl methyl sites for hydroxylation is 1. The molecule has 1 spiro atoms. The standard InChI is InChI=1S/C22H31NO3/c1-15-14-22(15)11-8-16-6-5-7-18(19(16)22)25-17-9-12-23(13-10-17)20(24)26-21(2,3)4/h5-7,15,17H,8-14H2,1-4H3. The molecule has 1 aromatic carbocycles. The molecule has 1 amide bonds. The monoisotopic (exact) mass is 357 g/mol. The molecule has 1 saturated heterocycles. The van der Waals surface area contributed by atoms with E-state index in [-0.39, 0.29) is 12.2 Å². The number of amides is 1. The van der Waals surface area contributed by atoms with Crippen LogP contribution < -0.4 is 4.74 Å². The van der Waals surface area contributed by atoms with Crippen LogP contribution >= 0.6 is 0 Å². The van der Waals surface area contributed by atoms with Gasteiger partial charge in [-0.15, -0.1) is 0 Å². The fourth-order valence-electron chi connectivity index (χ4n) is 4.78. The van der Waals surface area contributed by atoms with Gasteiger partial charge in [-0.05, 0) is 57.6 Å². The largest absolute Gasteiger partial charge is 0.490 e. The number of fused-ring (bicyclic) bond motifs is 2. The Morgan fingerprint density at radius 1 is 1.23 bits per heavy atom. The first-order valence-electron chi connectivity index (χ1n) is 10.1. The van der Waals surface area contributed by atoms with Crippen molar-refractivity contribution in [2.24, 2.45) is 5.92 Å². The minimum absolute atomic E-state index is 0.187. The summed E-state index contributed by atoms with van der Waals surface area (Å²) in [6.45, 7) is 9.50. The van der Waals surface area contributed by atoms with Gasteiger partial charge in [0.25, 0.3) is 0 Å². The summed E-state index contributed by atoms with van der Waals surface area (Å²) in [4.78, 5) is 14.0. The molecule has 0 bridgehead atoms. The Bertz CT molecular complexity index is 700. The first kappa shape index (κ1) is 17.7. The third-order valence-electron chi connectivity index (χ3n) is 6.29. The lowest BCUT2D eigenvalue weighted by molar-refractivity contribution is 0.0125. The van der Waals surface area contributed by atoms with E-state index in [1.54, 1.807) is 0 Å². The van der Waals surface area contributed by atoms with E-state index >= 15 is 0 Å². The molecule has 26 heavy (non-hydrogen) atoms. The molecule has 142 valence electrons. The lowest BCUT2D eigenvalue weighted by Crippen LogP contribution is -2.44. The third-order valence-corrected chi connectivity index (χ3v) is 6.29. The van der Waals surface area contributed by atoms with Crippen LogP contribution in [0.4, 0.5) is 4.79 Å². The minimum Gasteiger partial charge on any atom is -0.490 e. The SMILES string of the molecule is CC1CC12CCc1cccc(OC3CCN(C(=O)OC(C)(C)C)CC3)c12. The van der Waals surface area contributed by atoms with E-state index in [0.29, 0.717) is 18.5 Å². The summed E-state index contributed by atoms with van der Waals surface area (Å²) in [7, 11) is 0. The fourth-order valence-corrected chi connectivity index (χ4v) is 4.78. The summed E-state index contributed by atoms with van der Waals surface area (Å²) < 4.78 is 12.0. The number of hydrogen-bond acceptors (Lipinski definition) is 3. The van der Waals surface area contributed by atoms with Crippen molar-refractivity contribution in [1.29, 1.82) is 0 Å². The molecule has 1 aromatic rings. The van der Waals surface area contributed by atoms with Gasteiger partial charge in [0.05, 0.1) is 0 Å². The number of benzene rings is 1. The molecule has 4 rings (SSSR count). The van der Waals surface area contributed by atoms with E-state index in [0.717, 1.165) is 24.5 Å². The Morgan fingerprint density at radius 2 is 1.92 bits per heavy atom. The molecular formula is C22H31NO3. The van der Waals surface area contributed by atoms with Gasteiger partial charge >= 0.3 is 6.09 Å². The predicted molar refractivity (Wildman–Crippen MR) is 102 cm³/mol. The Balaban J connectivity index is 1.39. The van der Waals surface area contributed by atoms with Crippen LogP contribution in [-0.4, -0.2) is 35.8 Å². The van der Waals surface area contributed by atoms with E-state index in [1.165, 1.54) is 30.4 Å². The summed E-state index contributed by atoms with van der Waals surface area (Å²) in [5.74, 6) is 1.88. The summed E-state index contributed by atoms with van der Waals surface area (Å²) in [6, 6.07) is 6.56. The van der Waals surface area contributed by atoms with Crippen LogP contribution in [-0.2, 0) is 16.6 Å². The van der Waals surface area contributed by atoms with E-state index in [9.17, 15) is 4.79 Å². The molecular weight excluding hydrogens is 326 g/mol. The summed E-state index contributed by atoms with van der Waals surface area (Å²) in [6.07, 6.45) is 5.48. The molecule has 2 aliphatic carbocycles. The number of piperidine rings is 1. The highest BCUT2D eigenvalue weighted by Gasteiger charge is 2.56. The molecule has 2 unspecified atom stereocenters. The van der Waals surface area contributed by atoms with Crippen LogP contribution in [0.3, 0.4) is 0 Å². The summed E-state index contributed by atoms with van der Waals surface area (Å²) in [5.41, 5.74) is 2.92. The maximum absolute atomic E-state index is 12.2. The molecule has 1 saturated carbocycles. The average Bonchev–Trinajstić information content (AvgIpc) is 3.06. The van der Waals surface area contributed by atoms with Crippen molar-refractivity contribution in [1.82, 2.24) is 4.90 Å². The van der Waals surface area contributed by atoms with E-state index in [2.05, 4.69) is 25.1 Å². The topological polar surface area (TPSA) is 38.8 Å². The molecule has 0 N–H and O–H groups in total. The van der Waals surface area contributed by atoms with Gasteiger partial charge in [-0.1, -0.05) is 19.1 Å². The average molecular weight is 357 g/mol. The Labute approximate surface area is 156 Å². The zero-order valence-electron chi connectivity index (χ0n) is 16.5. The summed E-state index contributed by atoms with van der Waals surface area (Å²) >= 11 is 0. The van der Waals surface area contributed by atoms with Crippen LogP contribution in [0.15, 0.2) is 18.2 Å². The first-order chi connectivity index (χ1) is 12.3. The van der Waals surface area contributed by atoms with Crippen molar-refractivity contribution >= 4 is 6.09 Å². The Morgan fingerprint density at radius 3 is 2.54 bits per heavy atom. The van der Waals surface area contributed by atoms with Gasteiger partial charge in [0.2, 0.25) is 0 Å². The van der Waals surface area contributed by atoms with Gasteiger partial charge in [-0.3, -0.25) is 0 Å². The van der Waals surface area contributed by atoms with E-state index in [1.807, 2.05) is 25.7 Å². The molecule has 0 aromatic heterocycles. The number of rotatable bonds is 2. The molecule has 2 fully saturated rings. The van der Waals surface area contributed by atoms with Crippen molar-refractivity contribution in [2.45, 2.75) is 76.9 Å². The maximum Gasteiger partial charge on any atom is 0.410 e. The minimum atomic E-state index is -0.440. The van der Waals surface area contributed by atoms with Gasteiger partial charge in [-0.25, -0.2) is 4.79 Å². The van der Waals surface area contributed by atoms with Crippen LogP contribution in [0.2, 0.25) is 0 Å². The normalized spacial score (nSPS) is 28.2. The number of carbonyl (C=O) groups is 1. The molecule has 0 radical (unpaired) electrons. The lowest BCUT2D eigenvalue weighted by Gasteiger charge is -2.34. The number of likely N-dealkylation sites (tertiary alicyclic amines) is 1. The van der Waals surface area contributed by atoms with Gasteiger partial charge in [-0.2, -0.15) is 0 Å². The van der Waals surface area contributed by atoms with Crippen molar-refractivity contribution in [3.63, 3.8) is 0 Å². The third kappa shape index (κ3) is 3.19. The Hall–Kier alpha value is -1.71. The molecule has 4 heteroatoms. The van der Waals surface area contributed by atoms with Crippen LogP contribution in [0.5, 0.6) is 5.75 Å². The van der Waals surface area contributed by atoms with E-state index < -0.39 is 5.60 Å². The quantitative estimate of drug-likeness (QED) is 0.771. The smallest absolute Gasteiger partial charge is 0.410 e. The van der Waals surface area contributed by atoms with Crippen molar-refractivity contribution < 1.29 is 14.3 Å². The second-order valence-electron chi connectivity index (χ2n) is 9.34. The number of carbonyl (C=O) groups excluding carboxylic acids is 1. The second kappa shape index (κ2) is 6.17. The van der Waals surface area contributed by atoms with Crippen molar-refractivity contribution in [3.8, 4) is 5.75 Å². The zero-order valence-corrected chi connectivity index (χ0v) is 16.5. The fraction of sp³-hybridized carbons (Fsp3) is 0.682. The van der Waals surface area contributed by atoms with Crippen molar-refractivity contribution in [3.05, 3.63) is 29.3 Å². The number of ether oxygens (including phenoxy) is 2. The highest BCUT2D eigenvalue weighted by atomic mass is 16.6. The van der Waals surface area contributed by atoms with Crippen LogP contribution in [0, 0.1) is 5.92 Å². The van der Waals surface area contributed by atoms with Gasteiger partial charge in [0, 0.05) is 36.9 Å². The number of hydrogen-bond donors (Lipinski definition) is 0. The van der Waals surface area contributed by atoms with E-state index in [4.69, 9.17) is 9.47 Å². The molecule has 2 atom stereocenters. The highest BCUT2D eigenvalue weighted by Crippen LogP contribution is 2.63. The molecule has 3 aliphatic rings. The summed E-state index contributed by atoms with van der Waals surface area (Å²) in [5, 5.41) is 0. The molecule has 1 heterocycles. The maximum atomic E-state index is 12.2. The second-order valence-corrected chi connectivity index (χ2v) is 9.34. The van der Waals surface area contributed by atoms with Gasteiger partial charge < -0.3 is 14.4 Å². The van der Waals surface area contributed by atoms with Crippen molar-refractivity contribution in [2.75, 3.05) is 13.1 Å². The van der Waals surface area contributed by atoms with Crippen LogP contribution in [0.25, 0.3) is 0 Å². The molecule has 4 nitrogen and oxygen atoms in total. The number of nitrogens with zero attached hydrogens (tertiary/aromatic N) is 1. The van der Waals surface area contributed by atoms with Crippen LogP contribution in [0.1, 0.15) is 64.5 Å². The lowest BCUT2D eigenvalue weighted by atomic mass is 9.94. The first-order valence-corrected chi connectivity index (χ1v) is 10.1. The predicted octanol–water partition coefficient (Wildman–Crippen LogP) is 4.69. The zero-order chi connectivity index (χ0) is 18.5. The van der Waals surface area contributed by atoms with Gasteiger partial charge in [0.1, 0.15) is 17.5 Å². The van der Waals surface area contributed by atoms with Gasteiger partial charge in [0.15, 0.2) is 0 Å².